The van der Waals surface area contributed by atoms with Crippen LogP contribution < -0.4 is 10.6 Å². The lowest BCUT2D eigenvalue weighted by atomic mass is 10.0. The van der Waals surface area contributed by atoms with Crippen LogP contribution in [0.2, 0.25) is 0 Å². The summed E-state index contributed by atoms with van der Waals surface area (Å²) < 4.78 is 2.99. The molecule has 2 aromatic carbocycles. The summed E-state index contributed by atoms with van der Waals surface area (Å²) in [4.78, 5) is 25.5. The van der Waals surface area contributed by atoms with Crippen LogP contribution in [0.3, 0.4) is 0 Å². The number of benzene rings is 2. The standard InChI is InChI=1S/C25H30IN5O2S/c1-14(2)21(28-24(33)18-9-7-8-15(3)10-18)23-29-30-25(31(23)6)34-13-20(32)27-22-16(4)11-19(26)12-17(22)5/h7-12,14,21H,13H2,1-6H3,(H,27,32)(H,28,33)/t21-/m1/s1. The van der Waals surface area contributed by atoms with Crippen LogP contribution in [0, 0.1) is 30.3 Å². The third-order valence-corrected chi connectivity index (χ3v) is 7.12. The summed E-state index contributed by atoms with van der Waals surface area (Å²) in [7, 11) is 1.86. The summed E-state index contributed by atoms with van der Waals surface area (Å²) in [5, 5.41) is 15.4. The lowest BCUT2D eigenvalue weighted by Crippen LogP contribution is -2.33. The van der Waals surface area contributed by atoms with Gasteiger partial charge < -0.3 is 15.2 Å². The lowest BCUT2D eigenvalue weighted by molar-refractivity contribution is -0.113. The van der Waals surface area contributed by atoms with Gasteiger partial charge >= 0.3 is 0 Å². The molecule has 180 valence electrons. The van der Waals surface area contributed by atoms with Crippen molar-refractivity contribution < 1.29 is 9.59 Å². The van der Waals surface area contributed by atoms with Gasteiger partial charge in [-0.15, -0.1) is 10.2 Å². The molecule has 1 heterocycles. The van der Waals surface area contributed by atoms with Crippen molar-refractivity contribution in [1.82, 2.24) is 20.1 Å². The normalized spacial score (nSPS) is 12.0. The number of nitrogens with one attached hydrogen (secondary N) is 2. The molecule has 9 heteroatoms. The first kappa shape index (κ1) is 26.2. The minimum Gasteiger partial charge on any atom is -0.342 e. The molecule has 0 aliphatic rings. The topological polar surface area (TPSA) is 88.9 Å². The molecule has 7 nitrogen and oxygen atoms in total. The number of carbonyl (C=O) groups excluding carboxylic acids is 2. The zero-order valence-corrected chi connectivity index (χ0v) is 23.2. The van der Waals surface area contributed by atoms with Gasteiger partial charge in [-0.05, 0) is 84.7 Å². The molecule has 0 bridgehead atoms. The van der Waals surface area contributed by atoms with Crippen LogP contribution in [0.15, 0.2) is 41.6 Å². The highest BCUT2D eigenvalue weighted by Gasteiger charge is 2.25. The van der Waals surface area contributed by atoms with Gasteiger partial charge in [-0.3, -0.25) is 9.59 Å². The number of anilines is 1. The third-order valence-electron chi connectivity index (χ3n) is 5.47. The predicted molar refractivity (Wildman–Crippen MR) is 145 cm³/mol. The number of hydrogen-bond donors (Lipinski definition) is 2. The molecule has 0 radical (unpaired) electrons. The fourth-order valence-corrected chi connectivity index (χ4v) is 5.33. The van der Waals surface area contributed by atoms with Gasteiger partial charge in [-0.25, -0.2) is 0 Å². The lowest BCUT2D eigenvalue weighted by Gasteiger charge is -2.22. The number of hydrogen-bond acceptors (Lipinski definition) is 5. The molecule has 34 heavy (non-hydrogen) atoms. The number of halogens is 1. The van der Waals surface area contributed by atoms with Crippen molar-refractivity contribution in [3.05, 3.63) is 68.0 Å². The number of aryl methyl sites for hydroxylation is 3. The SMILES string of the molecule is Cc1cccc(C(=O)N[C@@H](c2nnc(SCC(=O)Nc3c(C)cc(I)cc3C)n2C)C(C)C)c1. The number of amides is 2. The minimum absolute atomic E-state index is 0.102. The van der Waals surface area contributed by atoms with Crippen LogP contribution in [-0.2, 0) is 11.8 Å². The Balaban J connectivity index is 1.69. The molecule has 0 saturated carbocycles. The molecule has 0 spiro atoms. The summed E-state index contributed by atoms with van der Waals surface area (Å²) in [5.74, 6) is 0.712. The molecule has 1 aromatic heterocycles. The maximum atomic E-state index is 12.8. The van der Waals surface area contributed by atoms with E-state index < -0.39 is 0 Å². The summed E-state index contributed by atoms with van der Waals surface area (Å²) >= 11 is 3.59. The molecular weight excluding hydrogens is 561 g/mol. The monoisotopic (exact) mass is 591 g/mol. The van der Waals surface area contributed by atoms with E-state index in [4.69, 9.17) is 0 Å². The van der Waals surface area contributed by atoms with Gasteiger partial charge in [0, 0.05) is 21.9 Å². The van der Waals surface area contributed by atoms with E-state index in [1.807, 2.05) is 76.6 Å². The molecule has 2 N–H and O–H groups in total. The third kappa shape index (κ3) is 6.38. The zero-order chi connectivity index (χ0) is 25.0. The van der Waals surface area contributed by atoms with Crippen molar-refractivity contribution in [1.29, 1.82) is 0 Å². The molecule has 3 aromatic rings. The van der Waals surface area contributed by atoms with Crippen molar-refractivity contribution in [2.75, 3.05) is 11.1 Å². The van der Waals surface area contributed by atoms with E-state index in [0.717, 1.165) is 25.9 Å². The average Bonchev–Trinajstić information content (AvgIpc) is 3.12. The van der Waals surface area contributed by atoms with E-state index in [1.165, 1.54) is 11.8 Å². The van der Waals surface area contributed by atoms with Crippen molar-refractivity contribution >= 4 is 51.9 Å². The minimum atomic E-state index is -0.314. The molecule has 0 fully saturated rings. The molecule has 0 saturated heterocycles. The van der Waals surface area contributed by atoms with Crippen LogP contribution in [0.4, 0.5) is 5.69 Å². The van der Waals surface area contributed by atoms with Gasteiger partial charge in [0.05, 0.1) is 11.8 Å². The number of rotatable bonds is 8. The molecule has 3 rings (SSSR count). The first-order chi connectivity index (χ1) is 16.1. The van der Waals surface area contributed by atoms with Crippen LogP contribution in [0.1, 0.15) is 52.8 Å². The largest absolute Gasteiger partial charge is 0.342 e. The highest BCUT2D eigenvalue weighted by Crippen LogP contribution is 2.26. The summed E-state index contributed by atoms with van der Waals surface area (Å²) in [6, 6.07) is 11.3. The van der Waals surface area contributed by atoms with Gasteiger partial charge in [0.25, 0.3) is 5.91 Å². The molecule has 0 aliphatic heterocycles. The van der Waals surface area contributed by atoms with Crippen molar-refractivity contribution in [3.8, 4) is 0 Å². The Morgan fingerprint density at radius 1 is 1.09 bits per heavy atom. The second kappa shape index (κ2) is 11.4. The quantitative estimate of drug-likeness (QED) is 0.278. The summed E-state index contributed by atoms with van der Waals surface area (Å²) in [6.45, 7) is 10.00. The van der Waals surface area contributed by atoms with E-state index in [0.29, 0.717) is 16.5 Å². The van der Waals surface area contributed by atoms with Gasteiger partial charge in [0.2, 0.25) is 5.91 Å². The molecule has 0 aliphatic carbocycles. The first-order valence-electron chi connectivity index (χ1n) is 11.0. The predicted octanol–water partition coefficient (Wildman–Crippen LogP) is 5.20. The van der Waals surface area contributed by atoms with Crippen molar-refractivity contribution in [2.24, 2.45) is 13.0 Å². The van der Waals surface area contributed by atoms with Gasteiger partial charge in [-0.2, -0.15) is 0 Å². The fourth-order valence-electron chi connectivity index (χ4n) is 3.68. The Morgan fingerprint density at radius 3 is 2.38 bits per heavy atom. The van der Waals surface area contributed by atoms with Crippen LogP contribution in [0.5, 0.6) is 0 Å². The van der Waals surface area contributed by atoms with Crippen LogP contribution in [-0.4, -0.2) is 32.3 Å². The van der Waals surface area contributed by atoms with Crippen LogP contribution in [0.25, 0.3) is 0 Å². The molecular formula is C25H30IN5O2S. The maximum Gasteiger partial charge on any atom is 0.251 e. The molecule has 1 atom stereocenters. The number of carbonyl (C=O) groups is 2. The van der Waals surface area contributed by atoms with E-state index in [9.17, 15) is 9.59 Å². The second-order valence-electron chi connectivity index (χ2n) is 8.72. The Labute approximate surface area is 218 Å². The van der Waals surface area contributed by atoms with Crippen molar-refractivity contribution in [3.63, 3.8) is 0 Å². The van der Waals surface area contributed by atoms with E-state index in [1.54, 1.807) is 6.07 Å². The highest BCUT2D eigenvalue weighted by molar-refractivity contribution is 14.1. The van der Waals surface area contributed by atoms with Gasteiger partial charge in [-0.1, -0.05) is 43.3 Å². The smallest absolute Gasteiger partial charge is 0.251 e. The summed E-state index contributed by atoms with van der Waals surface area (Å²) in [5.41, 5.74) is 4.56. The second-order valence-corrected chi connectivity index (χ2v) is 10.9. The Hall–Kier alpha value is -2.40. The first-order valence-corrected chi connectivity index (χ1v) is 13.1. The highest BCUT2D eigenvalue weighted by atomic mass is 127. The fraction of sp³-hybridized carbons (Fsp3) is 0.360. The Kier molecular flexibility index (Phi) is 8.75. The maximum absolute atomic E-state index is 12.8. The van der Waals surface area contributed by atoms with Crippen LogP contribution >= 0.6 is 34.4 Å². The van der Waals surface area contributed by atoms with E-state index in [2.05, 4.69) is 43.4 Å². The van der Waals surface area contributed by atoms with E-state index in [-0.39, 0.29) is 29.5 Å². The Morgan fingerprint density at radius 2 is 1.76 bits per heavy atom. The molecule has 0 unspecified atom stereocenters. The average molecular weight is 592 g/mol. The number of nitrogens with zero attached hydrogens (tertiary/aromatic N) is 3. The summed E-state index contributed by atoms with van der Waals surface area (Å²) in [6.07, 6.45) is 0. The number of aromatic nitrogens is 3. The van der Waals surface area contributed by atoms with E-state index >= 15 is 0 Å². The van der Waals surface area contributed by atoms with Gasteiger partial charge in [0.15, 0.2) is 11.0 Å². The Bertz CT molecular complexity index is 1180. The number of thioether (sulfide) groups is 1. The molecule has 2 amide bonds. The van der Waals surface area contributed by atoms with Crippen molar-refractivity contribution in [2.45, 2.75) is 45.8 Å². The zero-order valence-electron chi connectivity index (χ0n) is 20.3. The van der Waals surface area contributed by atoms with Gasteiger partial charge in [0.1, 0.15) is 0 Å².